The van der Waals surface area contributed by atoms with E-state index in [2.05, 4.69) is 20.6 Å². The molecule has 0 saturated carbocycles. The van der Waals surface area contributed by atoms with Crippen molar-refractivity contribution in [1.29, 1.82) is 0 Å². The van der Waals surface area contributed by atoms with Crippen LogP contribution in [0.25, 0.3) is 5.82 Å². The van der Waals surface area contributed by atoms with Crippen molar-refractivity contribution in [2.24, 2.45) is 0 Å². The smallest absolute Gasteiger partial charge is 0.178 e. The van der Waals surface area contributed by atoms with Gasteiger partial charge >= 0.3 is 0 Å². The van der Waals surface area contributed by atoms with Gasteiger partial charge in [0.2, 0.25) is 0 Å². The van der Waals surface area contributed by atoms with Gasteiger partial charge in [0.25, 0.3) is 0 Å². The quantitative estimate of drug-likeness (QED) is 0.731. The summed E-state index contributed by atoms with van der Waals surface area (Å²) in [4.78, 5) is 0. The van der Waals surface area contributed by atoms with Crippen LogP contribution in [0.4, 0.5) is 4.39 Å². The first-order chi connectivity index (χ1) is 9.24. The Hall–Kier alpha value is -2.28. The van der Waals surface area contributed by atoms with E-state index < -0.39 is 0 Å². The van der Waals surface area contributed by atoms with E-state index in [1.807, 2.05) is 0 Å². The molecule has 19 heavy (non-hydrogen) atoms. The minimum Gasteiger partial charge on any atom is -0.266 e. The molecule has 3 rings (SSSR count). The monoisotopic (exact) mass is 278 g/mol. The van der Waals surface area contributed by atoms with E-state index in [4.69, 9.17) is 11.6 Å². The Bertz CT molecular complexity index is 673. The van der Waals surface area contributed by atoms with E-state index in [-0.39, 0.29) is 12.4 Å². The van der Waals surface area contributed by atoms with Gasteiger partial charge in [0.15, 0.2) is 5.82 Å². The second-order valence-corrected chi connectivity index (χ2v) is 4.23. The number of tetrazole rings is 1. The van der Waals surface area contributed by atoms with Gasteiger partial charge in [-0.1, -0.05) is 17.7 Å². The topological polar surface area (TPSA) is 61.4 Å². The third-order valence-electron chi connectivity index (χ3n) is 2.59. The van der Waals surface area contributed by atoms with Crippen LogP contribution in [0.3, 0.4) is 0 Å². The Labute approximate surface area is 112 Å². The van der Waals surface area contributed by atoms with Crippen LogP contribution in [0.1, 0.15) is 5.56 Å². The number of nitrogens with zero attached hydrogens (tertiary/aromatic N) is 6. The Balaban J connectivity index is 1.88. The number of halogens is 2. The third kappa shape index (κ3) is 2.32. The Morgan fingerprint density at radius 3 is 2.89 bits per heavy atom. The fourth-order valence-corrected chi connectivity index (χ4v) is 1.90. The number of benzene rings is 1. The zero-order valence-corrected chi connectivity index (χ0v) is 10.4. The minimum absolute atomic E-state index is 0.244. The summed E-state index contributed by atoms with van der Waals surface area (Å²) in [7, 11) is 0. The van der Waals surface area contributed by atoms with Crippen LogP contribution >= 0.6 is 11.6 Å². The van der Waals surface area contributed by atoms with Crippen LogP contribution in [0.15, 0.2) is 36.8 Å². The van der Waals surface area contributed by atoms with Crippen LogP contribution in [0, 0.1) is 5.82 Å². The van der Waals surface area contributed by atoms with E-state index in [9.17, 15) is 4.39 Å². The summed E-state index contributed by atoms with van der Waals surface area (Å²) in [6.45, 7) is 0.244. The number of hydrogen-bond acceptors (Lipinski definition) is 4. The van der Waals surface area contributed by atoms with Gasteiger partial charge in [-0.2, -0.15) is 9.78 Å². The molecular weight excluding hydrogens is 271 g/mol. The van der Waals surface area contributed by atoms with Crippen LogP contribution in [0.5, 0.6) is 0 Å². The summed E-state index contributed by atoms with van der Waals surface area (Å²) >= 11 is 5.97. The molecule has 0 unspecified atom stereocenters. The molecule has 0 N–H and O–H groups in total. The normalized spacial score (nSPS) is 10.8. The third-order valence-corrected chi connectivity index (χ3v) is 2.95. The van der Waals surface area contributed by atoms with Crippen molar-refractivity contribution in [2.45, 2.75) is 6.54 Å². The van der Waals surface area contributed by atoms with Crippen molar-refractivity contribution >= 4 is 11.6 Å². The molecule has 0 saturated heterocycles. The first kappa shape index (κ1) is 11.8. The lowest BCUT2D eigenvalue weighted by Crippen LogP contribution is -2.05. The van der Waals surface area contributed by atoms with Crippen LogP contribution in [-0.4, -0.2) is 30.0 Å². The molecule has 1 aromatic carbocycles. The number of aromatic nitrogens is 6. The van der Waals surface area contributed by atoms with Crippen molar-refractivity contribution in [2.75, 3.05) is 0 Å². The fourth-order valence-electron chi connectivity index (χ4n) is 1.67. The highest BCUT2D eigenvalue weighted by molar-refractivity contribution is 6.31. The van der Waals surface area contributed by atoms with Gasteiger partial charge in [-0.15, -0.1) is 5.10 Å². The highest BCUT2D eigenvalue weighted by Gasteiger charge is 2.09. The van der Waals surface area contributed by atoms with E-state index in [0.717, 1.165) is 0 Å². The Morgan fingerprint density at radius 2 is 2.16 bits per heavy atom. The minimum atomic E-state index is -0.355. The molecule has 0 radical (unpaired) electrons. The fraction of sp³-hybridized carbons (Fsp3) is 0.0909. The van der Waals surface area contributed by atoms with Crippen molar-refractivity contribution in [1.82, 2.24) is 30.0 Å². The molecule has 2 aromatic heterocycles. The molecular formula is C11H8ClFN6. The zero-order chi connectivity index (χ0) is 13.2. The molecule has 0 bridgehead atoms. The van der Waals surface area contributed by atoms with Gasteiger partial charge in [0.1, 0.15) is 12.1 Å². The highest BCUT2D eigenvalue weighted by atomic mass is 35.5. The van der Waals surface area contributed by atoms with Gasteiger partial charge < -0.3 is 0 Å². The van der Waals surface area contributed by atoms with Gasteiger partial charge in [-0.25, -0.2) is 4.39 Å². The summed E-state index contributed by atoms with van der Waals surface area (Å²) in [5.41, 5.74) is 0.399. The summed E-state index contributed by atoms with van der Waals surface area (Å²) < 4.78 is 16.6. The number of rotatable bonds is 3. The van der Waals surface area contributed by atoms with Crippen molar-refractivity contribution in [3.05, 3.63) is 53.2 Å². The molecule has 6 nitrogen and oxygen atoms in total. The molecule has 0 fully saturated rings. The van der Waals surface area contributed by atoms with Crippen LogP contribution < -0.4 is 0 Å². The van der Waals surface area contributed by atoms with Gasteiger partial charge in [0.05, 0.1) is 6.54 Å². The van der Waals surface area contributed by atoms with Gasteiger partial charge in [-0.05, 0) is 22.6 Å². The molecule has 0 spiro atoms. The molecule has 0 aliphatic rings. The Kier molecular flexibility index (Phi) is 2.96. The van der Waals surface area contributed by atoms with E-state index >= 15 is 0 Å². The van der Waals surface area contributed by atoms with Crippen molar-refractivity contribution in [3.63, 3.8) is 0 Å². The molecule has 0 amide bonds. The lowest BCUT2D eigenvalue weighted by molar-refractivity contribution is 0.582. The van der Waals surface area contributed by atoms with Gasteiger partial charge in [-0.3, -0.25) is 4.68 Å². The lowest BCUT2D eigenvalue weighted by atomic mass is 10.2. The van der Waals surface area contributed by atoms with E-state index in [1.165, 1.54) is 17.1 Å². The Morgan fingerprint density at radius 1 is 1.26 bits per heavy atom. The number of hydrogen-bond donors (Lipinski definition) is 0. The SMILES string of the molecule is Fc1cccc(Cl)c1Cn1ccc(-n2cnnn2)n1. The summed E-state index contributed by atoms with van der Waals surface area (Å²) in [6.07, 6.45) is 3.14. The summed E-state index contributed by atoms with van der Waals surface area (Å²) in [6, 6.07) is 6.31. The van der Waals surface area contributed by atoms with Crippen LogP contribution in [-0.2, 0) is 6.54 Å². The molecule has 0 aliphatic carbocycles. The molecule has 0 atom stereocenters. The summed E-state index contributed by atoms with van der Waals surface area (Å²) in [5, 5.41) is 15.4. The molecule has 2 heterocycles. The molecule has 0 aliphatic heterocycles. The molecule has 96 valence electrons. The second-order valence-electron chi connectivity index (χ2n) is 3.83. The molecule has 8 heteroatoms. The predicted molar refractivity (Wildman–Crippen MR) is 65.5 cm³/mol. The van der Waals surface area contributed by atoms with E-state index in [0.29, 0.717) is 16.4 Å². The van der Waals surface area contributed by atoms with Crippen LogP contribution in [0.2, 0.25) is 5.02 Å². The lowest BCUT2D eigenvalue weighted by Gasteiger charge is -2.05. The van der Waals surface area contributed by atoms with E-state index in [1.54, 1.807) is 29.1 Å². The second kappa shape index (κ2) is 4.77. The summed E-state index contributed by atoms with van der Waals surface area (Å²) in [5.74, 6) is 0.199. The molecule has 3 aromatic rings. The average Bonchev–Trinajstić information content (AvgIpc) is 3.04. The van der Waals surface area contributed by atoms with Gasteiger partial charge in [0, 0.05) is 22.8 Å². The van der Waals surface area contributed by atoms with Crippen molar-refractivity contribution in [3.8, 4) is 5.82 Å². The predicted octanol–water partition coefficient (Wildman–Crippen LogP) is 1.70. The van der Waals surface area contributed by atoms with Crippen molar-refractivity contribution < 1.29 is 4.39 Å². The average molecular weight is 279 g/mol. The first-order valence-electron chi connectivity index (χ1n) is 5.44. The maximum Gasteiger partial charge on any atom is 0.178 e. The maximum absolute atomic E-state index is 13.7. The zero-order valence-electron chi connectivity index (χ0n) is 9.61. The largest absolute Gasteiger partial charge is 0.266 e. The standard InChI is InChI=1S/C11H8ClFN6/c12-9-2-1-3-10(13)8(9)6-18-5-4-11(15-18)19-7-14-16-17-19/h1-5,7H,6H2. The maximum atomic E-state index is 13.7. The highest BCUT2D eigenvalue weighted by Crippen LogP contribution is 2.19. The first-order valence-corrected chi connectivity index (χ1v) is 5.81.